The topological polar surface area (TPSA) is 107 Å². The standard InChI is InChI=1S/C22H20F3N5O4S/c23-22(24,25)34-18-2-1-15(11-16(18)27-19(32)13-30-7-9-33-10-8-30)17(31)12-20-28-29-21(35-20)14-3-5-26-6-4-14/h1-6,11H,7-10,12-13H2,(H,27,32). The Labute approximate surface area is 201 Å². The molecular weight excluding hydrogens is 487 g/mol. The SMILES string of the molecule is O=C(CN1CCOCC1)Nc1cc(C(=O)Cc2nnc(-c3ccncc3)s2)ccc1OC(F)(F)F. The summed E-state index contributed by atoms with van der Waals surface area (Å²) in [5.41, 5.74) is 0.651. The van der Waals surface area contributed by atoms with E-state index in [1.54, 1.807) is 24.5 Å². The van der Waals surface area contributed by atoms with Crippen molar-refractivity contribution in [3.63, 3.8) is 0 Å². The van der Waals surface area contributed by atoms with Crippen LogP contribution in [0.2, 0.25) is 0 Å². The number of ketones is 1. The number of benzene rings is 1. The first-order chi connectivity index (χ1) is 16.8. The van der Waals surface area contributed by atoms with Gasteiger partial charge in [-0.2, -0.15) is 0 Å². The Balaban J connectivity index is 1.49. The predicted octanol–water partition coefficient (Wildman–Crippen LogP) is 3.19. The minimum atomic E-state index is -4.97. The quantitative estimate of drug-likeness (QED) is 0.464. The van der Waals surface area contributed by atoms with Crippen molar-refractivity contribution >= 4 is 28.7 Å². The second-order valence-corrected chi connectivity index (χ2v) is 8.59. The average molecular weight is 507 g/mol. The summed E-state index contributed by atoms with van der Waals surface area (Å²) in [4.78, 5) is 31.1. The lowest BCUT2D eigenvalue weighted by molar-refractivity contribution is -0.274. The third-order valence-corrected chi connectivity index (χ3v) is 5.95. The smallest absolute Gasteiger partial charge is 0.404 e. The number of alkyl halides is 3. The Morgan fingerprint density at radius 1 is 1.11 bits per heavy atom. The number of nitrogens with zero attached hydrogens (tertiary/aromatic N) is 4. The summed E-state index contributed by atoms with van der Waals surface area (Å²) in [5.74, 6) is -1.54. The molecule has 0 aliphatic carbocycles. The maximum atomic E-state index is 12.9. The number of pyridine rings is 1. The van der Waals surface area contributed by atoms with Crippen LogP contribution in [-0.4, -0.2) is 71.0 Å². The third kappa shape index (κ3) is 7.04. The number of carbonyl (C=O) groups excluding carboxylic acids is 2. The van der Waals surface area contributed by atoms with E-state index in [0.717, 1.165) is 11.6 Å². The first-order valence-corrected chi connectivity index (χ1v) is 11.3. The van der Waals surface area contributed by atoms with Crippen LogP contribution >= 0.6 is 11.3 Å². The molecule has 9 nitrogen and oxygen atoms in total. The van der Waals surface area contributed by atoms with E-state index in [-0.39, 0.29) is 24.2 Å². The molecule has 0 spiro atoms. The molecule has 2 aromatic heterocycles. The zero-order chi connectivity index (χ0) is 24.8. The number of hydrogen-bond acceptors (Lipinski definition) is 9. The van der Waals surface area contributed by atoms with Gasteiger partial charge in [-0.1, -0.05) is 11.3 Å². The molecule has 3 heterocycles. The molecule has 0 unspecified atom stereocenters. The minimum absolute atomic E-state index is 0.0322. The van der Waals surface area contributed by atoms with Gasteiger partial charge in [0.05, 0.1) is 31.9 Å². The maximum Gasteiger partial charge on any atom is 0.573 e. The Morgan fingerprint density at radius 3 is 2.57 bits per heavy atom. The molecule has 1 aliphatic rings. The molecule has 0 atom stereocenters. The zero-order valence-corrected chi connectivity index (χ0v) is 19.1. The van der Waals surface area contributed by atoms with Crippen LogP contribution < -0.4 is 10.1 Å². The van der Waals surface area contributed by atoms with E-state index < -0.39 is 23.8 Å². The monoisotopic (exact) mass is 507 g/mol. The van der Waals surface area contributed by atoms with Gasteiger partial charge in [0.15, 0.2) is 11.5 Å². The highest BCUT2D eigenvalue weighted by molar-refractivity contribution is 7.14. The molecule has 1 N–H and O–H groups in total. The molecule has 1 saturated heterocycles. The number of aromatic nitrogens is 3. The van der Waals surface area contributed by atoms with Gasteiger partial charge in [-0.15, -0.1) is 23.4 Å². The highest BCUT2D eigenvalue weighted by Gasteiger charge is 2.32. The first kappa shape index (κ1) is 24.7. The molecule has 0 bridgehead atoms. The van der Waals surface area contributed by atoms with Gasteiger partial charge in [-0.05, 0) is 30.3 Å². The van der Waals surface area contributed by atoms with Gasteiger partial charge in [0.1, 0.15) is 10.0 Å². The number of morpholine rings is 1. The summed E-state index contributed by atoms with van der Waals surface area (Å²) in [7, 11) is 0. The molecule has 4 rings (SSSR count). The molecule has 1 fully saturated rings. The van der Waals surface area contributed by atoms with E-state index in [9.17, 15) is 22.8 Å². The van der Waals surface area contributed by atoms with Crippen LogP contribution in [0, 0.1) is 0 Å². The van der Waals surface area contributed by atoms with Gasteiger partial charge < -0.3 is 14.8 Å². The average Bonchev–Trinajstić information content (AvgIpc) is 3.29. The summed E-state index contributed by atoms with van der Waals surface area (Å²) in [6.07, 6.45) is -1.85. The number of rotatable bonds is 8. The van der Waals surface area contributed by atoms with Crippen molar-refractivity contribution in [3.05, 3.63) is 53.3 Å². The van der Waals surface area contributed by atoms with Crippen LogP contribution in [0.3, 0.4) is 0 Å². The van der Waals surface area contributed by atoms with E-state index in [4.69, 9.17) is 4.74 Å². The zero-order valence-electron chi connectivity index (χ0n) is 18.2. The number of Topliss-reactive ketones (excluding diaryl/α,β-unsaturated/α-hetero) is 1. The van der Waals surface area contributed by atoms with Crippen LogP contribution in [0.15, 0.2) is 42.7 Å². The molecule has 1 amide bonds. The first-order valence-electron chi connectivity index (χ1n) is 10.5. The summed E-state index contributed by atoms with van der Waals surface area (Å²) in [6, 6.07) is 6.92. The predicted molar refractivity (Wildman–Crippen MR) is 120 cm³/mol. The van der Waals surface area contributed by atoms with Crippen LogP contribution in [0.4, 0.5) is 18.9 Å². The number of anilines is 1. The fourth-order valence-corrected chi connectivity index (χ4v) is 4.19. The number of carbonyl (C=O) groups is 2. The van der Waals surface area contributed by atoms with Crippen molar-refractivity contribution in [2.24, 2.45) is 0 Å². The Bertz CT molecular complexity index is 1180. The van der Waals surface area contributed by atoms with Crippen molar-refractivity contribution in [2.75, 3.05) is 38.2 Å². The highest BCUT2D eigenvalue weighted by atomic mass is 32.1. The number of halogens is 3. The van der Waals surface area contributed by atoms with Crippen molar-refractivity contribution in [1.82, 2.24) is 20.1 Å². The Hall–Kier alpha value is -3.42. The number of ether oxygens (including phenoxy) is 2. The van der Waals surface area contributed by atoms with E-state index in [0.29, 0.717) is 36.3 Å². The van der Waals surface area contributed by atoms with E-state index in [1.807, 2.05) is 4.90 Å². The lowest BCUT2D eigenvalue weighted by Crippen LogP contribution is -2.41. The third-order valence-electron chi connectivity index (χ3n) is 4.98. The lowest BCUT2D eigenvalue weighted by atomic mass is 10.1. The summed E-state index contributed by atoms with van der Waals surface area (Å²) in [6.45, 7) is 1.96. The van der Waals surface area contributed by atoms with Gasteiger partial charge in [0.25, 0.3) is 0 Å². The lowest BCUT2D eigenvalue weighted by Gasteiger charge is -2.26. The number of amides is 1. The normalized spacial score (nSPS) is 14.5. The molecule has 0 radical (unpaired) electrons. The fraction of sp³-hybridized carbons (Fsp3) is 0.318. The molecule has 35 heavy (non-hydrogen) atoms. The van der Waals surface area contributed by atoms with Gasteiger partial charge in [-0.3, -0.25) is 19.5 Å². The molecular formula is C22H20F3N5O4S. The van der Waals surface area contributed by atoms with E-state index in [1.165, 1.54) is 23.5 Å². The molecule has 184 valence electrons. The molecule has 0 saturated carbocycles. The number of nitrogens with one attached hydrogen (secondary N) is 1. The largest absolute Gasteiger partial charge is 0.573 e. The fourth-order valence-electron chi connectivity index (χ4n) is 3.34. The van der Waals surface area contributed by atoms with Crippen LogP contribution in [0.5, 0.6) is 5.75 Å². The van der Waals surface area contributed by atoms with Crippen LogP contribution in [-0.2, 0) is 16.0 Å². The summed E-state index contributed by atoms with van der Waals surface area (Å²) >= 11 is 1.22. The highest BCUT2D eigenvalue weighted by Crippen LogP contribution is 2.32. The van der Waals surface area contributed by atoms with Crippen LogP contribution in [0.25, 0.3) is 10.6 Å². The van der Waals surface area contributed by atoms with Gasteiger partial charge in [-0.25, -0.2) is 0 Å². The van der Waals surface area contributed by atoms with Crippen molar-refractivity contribution in [2.45, 2.75) is 12.8 Å². The van der Waals surface area contributed by atoms with E-state index in [2.05, 4.69) is 25.2 Å². The Morgan fingerprint density at radius 2 is 1.86 bits per heavy atom. The van der Waals surface area contributed by atoms with Crippen molar-refractivity contribution < 1.29 is 32.2 Å². The van der Waals surface area contributed by atoms with Crippen LogP contribution in [0.1, 0.15) is 15.4 Å². The summed E-state index contributed by atoms with van der Waals surface area (Å²) < 4.78 is 47.9. The maximum absolute atomic E-state index is 12.9. The molecule has 1 aromatic carbocycles. The molecule has 1 aliphatic heterocycles. The summed E-state index contributed by atoms with van der Waals surface area (Å²) in [5, 5.41) is 11.6. The van der Waals surface area contributed by atoms with Gasteiger partial charge >= 0.3 is 6.36 Å². The van der Waals surface area contributed by atoms with Crippen molar-refractivity contribution in [3.8, 4) is 16.3 Å². The van der Waals surface area contributed by atoms with Crippen molar-refractivity contribution in [1.29, 1.82) is 0 Å². The second kappa shape index (κ2) is 10.9. The van der Waals surface area contributed by atoms with E-state index >= 15 is 0 Å². The van der Waals surface area contributed by atoms with Gasteiger partial charge in [0, 0.05) is 36.6 Å². The molecule has 13 heteroatoms. The second-order valence-electron chi connectivity index (χ2n) is 7.53. The minimum Gasteiger partial charge on any atom is -0.404 e. The van der Waals surface area contributed by atoms with Gasteiger partial charge in [0.2, 0.25) is 5.91 Å². The molecule has 3 aromatic rings. The Kier molecular flexibility index (Phi) is 7.68. The number of hydrogen-bond donors (Lipinski definition) is 1.